The van der Waals surface area contributed by atoms with Crippen LogP contribution in [0.1, 0.15) is 41.0 Å². The number of nitrogens with two attached hydrogens (primary N) is 1. The van der Waals surface area contributed by atoms with Gasteiger partial charge in [0.15, 0.2) is 5.84 Å². The lowest BCUT2D eigenvalue weighted by molar-refractivity contribution is -0.122. The summed E-state index contributed by atoms with van der Waals surface area (Å²) in [4.78, 5) is 27.9. The highest BCUT2D eigenvalue weighted by Gasteiger charge is 2.23. The molecule has 0 aliphatic carbocycles. The summed E-state index contributed by atoms with van der Waals surface area (Å²) < 4.78 is 5.45. The Kier molecular flexibility index (Phi) is 9.28. The van der Waals surface area contributed by atoms with E-state index in [4.69, 9.17) is 25.9 Å². The molecule has 1 aromatic heterocycles. The number of rotatable bonds is 7. The highest BCUT2D eigenvalue weighted by Crippen LogP contribution is 2.30. The number of nitrogens with zero attached hydrogens (tertiary/aromatic N) is 3. The summed E-state index contributed by atoms with van der Waals surface area (Å²) in [7, 11) is 1.55. The first kappa shape index (κ1) is 25.7. The van der Waals surface area contributed by atoms with Crippen LogP contribution in [0.15, 0.2) is 30.3 Å². The molecule has 1 aliphatic rings. The van der Waals surface area contributed by atoms with Gasteiger partial charge >= 0.3 is 0 Å². The van der Waals surface area contributed by atoms with Gasteiger partial charge in [-0.2, -0.15) is 0 Å². The van der Waals surface area contributed by atoms with E-state index in [1.54, 1.807) is 32.2 Å². The van der Waals surface area contributed by atoms with Gasteiger partial charge < -0.3 is 20.3 Å². The lowest BCUT2D eigenvalue weighted by atomic mass is 10.0. The Morgan fingerprint density at radius 2 is 2.03 bits per heavy atom. The first-order chi connectivity index (χ1) is 15.8. The molecule has 33 heavy (non-hydrogen) atoms. The van der Waals surface area contributed by atoms with Crippen LogP contribution in [-0.2, 0) is 17.9 Å². The van der Waals surface area contributed by atoms with Crippen LogP contribution < -0.4 is 15.9 Å². The number of ether oxygens (including phenoxy) is 1. The maximum Gasteiger partial charge on any atom is 0.290 e. The molecule has 1 atom stereocenters. The Bertz CT molecular complexity index is 999. The van der Waals surface area contributed by atoms with Gasteiger partial charge in [-0.15, -0.1) is 0 Å². The van der Waals surface area contributed by atoms with Crippen LogP contribution >= 0.6 is 0 Å². The minimum atomic E-state index is -0.434. The number of benzene rings is 1. The lowest BCUT2D eigenvalue weighted by Crippen LogP contribution is -2.46. The summed E-state index contributed by atoms with van der Waals surface area (Å²) in [6.07, 6.45) is 0. The molecule has 1 aliphatic heterocycles. The van der Waals surface area contributed by atoms with E-state index in [0.717, 1.165) is 30.2 Å². The van der Waals surface area contributed by atoms with Gasteiger partial charge in [0.05, 0.1) is 25.3 Å². The van der Waals surface area contributed by atoms with Gasteiger partial charge in [0.2, 0.25) is 0 Å². The number of hydrogen-bond donors (Lipinski definition) is 5. The van der Waals surface area contributed by atoms with Crippen LogP contribution in [0.4, 0.5) is 5.82 Å². The van der Waals surface area contributed by atoms with Gasteiger partial charge in [0, 0.05) is 13.1 Å². The van der Waals surface area contributed by atoms with E-state index < -0.39 is 6.04 Å². The maximum absolute atomic E-state index is 12.9. The van der Waals surface area contributed by atoms with E-state index in [1.807, 2.05) is 12.1 Å². The minimum Gasteiger partial charge on any atom is -0.496 e. The molecule has 2 heterocycles. The zero-order valence-corrected chi connectivity index (χ0v) is 18.9. The molecular weight excluding hydrogens is 428 g/mol. The maximum atomic E-state index is 12.9. The zero-order valence-electron chi connectivity index (χ0n) is 18.9. The molecule has 178 valence electrons. The number of aromatic nitrogens is 1. The fraction of sp³-hybridized carbons (Fsp3) is 0.364. The molecule has 2 aromatic rings. The van der Waals surface area contributed by atoms with E-state index >= 15 is 0 Å². The Labute approximate surface area is 192 Å². The topological polar surface area (TPSA) is 165 Å². The van der Waals surface area contributed by atoms with Crippen molar-refractivity contribution in [2.45, 2.75) is 33.0 Å². The zero-order chi connectivity index (χ0) is 24.5. The number of pyridine rings is 1. The largest absolute Gasteiger partial charge is 0.496 e. The first-order valence-corrected chi connectivity index (χ1v) is 10.3. The fourth-order valence-corrected chi connectivity index (χ4v) is 3.33. The summed E-state index contributed by atoms with van der Waals surface area (Å²) in [5.74, 6) is 6.28. The monoisotopic (exact) mass is 458 g/mol. The summed E-state index contributed by atoms with van der Waals surface area (Å²) in [6.45, 7) is 5.95. The molecule has 1 aromatic carbocycles. The highest BCUT2D eigenvalue weighted by atomic mass is 16.5. The molecule has 0 saturated carbocycles. The number of carbonyl (C=O) groups is 2. The number of anilines is 1. The predicted molar refractivity (Wildman–Crippen MR) is 123 cm³/mol. The summed E-state index contributed by atoms with van der Waals surface area (Å²) >= 11 is 0. The van der Waals surface area contributed by atoms with Crippen molar-refractivity contribution < 1.29 is 24.5 Å². The lowest BCUT2D eigenvalue weighted by Gasteiger charge is -2.24. The van der Waals surface area contributed by atoms with Crippen LogP contribution in [0.2, 0.25) is 0 Å². The number of carboxylic acid groups (broad SMARTS) is 1. The molecule has 6 N–H and O–H groups in total. The molecule has 0 bridgehead atoms. The second-order valence-corrected chi connectivity index (χ2v) is 7.38. The standard InChI is InChI=1S/C21H28N6O3.CH2O2/c1-4-26-10-14-8-16(18(30-3)9-15(14)11-26)21(29)25-19-7-5-6-17(24-19)20(22)27(23)13(2)12-28;2-1-3/h5-9,13,22,28H,4,10-12,23H2,1-3H3,(H,24,25,29);1H,(H,2,3). The summed E-state index contributed by atoms with van der Waals surface area (Å²) in [6, 6.07) is 8.30. The second-order valence-electron chi connectivity index (χ2n) is 7.38. The van der Waals surface area contributed by atoms with Crippen molar-refractivity contribution in [3.63, 3.8) is 0 Å². The van der Waals surface area contributed by atoms with Crippen LogP contribution in [0.25, 0.3) is 0 Å². The third kappa shape index (κ3) is 6.25. The number of hydrogen-bond acceptors (Lipinski definition) is 8. The molecule has 1 amide bonds. The second kappa shape index (κ2) is 11.9. The molecular formula is C22H30N6O5. The number of fused-ring (bicyclic) bond motifs is 1. The molecule has 11 nitrogen and oxygen atoms in total. The number of hydrazine groups is 1. The molecule has 0 spiro atoms. The van der Waals surface area contributed by atoms with Gasteiger partial charge in [0.1, 0.15) is 17.3 Å². The number of methoxy groups -OCH3 is 1. The average molecular weight is 459 g/mol. The molecule has 0 saturated heterocycles. The molecule has 1 unspecified atom stereocenters. The van der Waals surface area contributed by atoms with Crippen molar-refractivity contribution in [3.05, 3.63) is 52.7 Å². The number of aliphatic hydroxyl groups is 1. The van der Waals surface area contributed by atoms with E-state index in [9.17, 15) is 9.90 Å². The van der Waals surface area contributed by atoms with Crippen molar-refractivity contribution in [2.24, 2.45) is 5.84 Å². The normalized spacial score (nSPS) is 13.2. The van der Waals surface area contributed by atoms with Gasteiger partial charge in [-0.05, 0) is 48.9 Å². The fourth-order valence-electron chi connectivity index (χ4n) is 3.33. The van der Waals surface area contributed by atoms with Gasteiger partial charge in [-0.1, -0.05) is 13.0 Å². The van der Waals surface area contributed by atoms with Crippen molar-refractivity contribution in [1.82, 2.24) is 14.9 Å². The molecule has 11 heteroatoms. The van der Waals surface area contributed by atoms with Crippen molar-refractivity contribution in [2.75, 3.05) is 25.6 Å². The molecule has 3 rings (SSSR count). The molecule has 0 fully saturated rings. The Balaban J connectivity index is 0.00000122. The third-order valence-corrected chi connectivity index (χ3v) is 5.23. The van der Waals surface area contributed by atoms with Crippen molar-refractivity contribution in [3.8, 4) is 5.75 Å². The smallest absolute Gasteiger partial charge is 0.290 e. The van der Waals surface area contributed by atoms with Crippen molar-refractivity contribution >= 4 is 24.0 Å². The van der Waals surface area contributed by atoms with Crippen LogP contribution in [0, 0.1) is 5.41 Å². The number of amidine groups is 1. The van der Waals surface area contributed by atoms with Crippen LogP contribution in [0.3, 0.4) is 0 Å². The van der Waals surface area contributed by atoms with E-state index in [2.05, 4.69) is 22.1 Å². The number of aliphatic hydroxyl groups excluding tert-OH is 1. The van der Waals surface area contributed by atoms with Crippen molar-refractivity contribution in [1.29, 1.82) is 5.41 Å². The first-order valence-electron chi connectivity index (χ1n) is 10.3. The Hall–Kier alpha value is -3.54. The SMILES string of the molecule is CCN1Cc2cc(OC)c(C(=O)Nc3cccc(C(=N)N(N)C(C)CO)n3)cc2C1.O=CO. The quantitative estimate of drug-likeness (QED) is 0.135. The Morgan fingerprint density at radius 1 is 1.39 bits per heavy atom. The number of carbonyl (C=O) groups excluding carboxylic acids is 1. The third-order valence-electron chi connectivity index (χ3n) is 5.23. The van der Waals surface area contributed by atoms with E-state index in [-0.39, 0.29) is 30.5 Å². The van der Waals surface area contributed by atoms with Crippen LogP contribution in [-0.4, -0.2) is 69.6 Å². The van der Waals surface area contributed by atoms with E-state index in [1.165, 1.54) is 5.56 Å². The molecule has 0 radical (unpaired) electrons. The summed E-state index contributed by atoms with van der Waals surface area (Å²) in [5, 5.41) is 28.2. The number of amides is 1. The van der Waals surface area contributed by atoms with E-state index in [0.29, 0.717) is 17.1 Å². The summed E-state index contributed by atoms with van der Waals surface area (Å²) in [5.41, 5.74) is 3.00. The minimum absolute atomic E-state index is 0.0533. The average Bonchev–Trinajstić information content (AvgIpc) is 3.24. The van der Waals surface area contributed by atoms with Gasteiger partial charge in [0.25, 0.3) is 12.4 Å². The Morgan fingerprint density at radius 3 is 2.61 bits per heavy atom. The highest BCUT2D eigenvalue weighted by molar-refractivity contribution is 6.06. The predicted octanol–water partition coefficient (Wildman–Crippen LogP) is 1.26. The van der Waals surface area contributed by atoms with Crippen LogP contribution in [0.5, 0.6) is 5.75 Å². The van der Waals surface area contributed by atoms with Gasteiger partial charge in [-0.25, -0.2) is 10.8 Å². The number of nitrogens with one attached hydrogen (secondary N) is 2. The van der Waals surface area contributed by atoms with Gasteiger partial charge in [-0.3, -0.25) is 24.9 Å².